The van der Waals surface area contributed by atoms with Gasteiger partial charge in [0.15, 0.2) is 0 Å². The summed E-state index contributed by atoms with van der Waals surface area (Å²) in [5, 5.41) is 4.97. The molecular formula is C23H28FN3O. The van der Waals surface area contributed by atoms with Crippen molar-refractivity contribution in [1.29, 1.82) is 0 Å². The molecule has 0 saturated heterocycles. The van der Waals surface area contributed by atoms with Gasteiger partial charge in [-0.15, -0.1) is 0 Å². The number of H-pyrrole nitrogens is 1. The molecule has 2 aromatic heterocycles. The Kier molecular flexibility index (Phi) is 5.11. The number of rotatable bonds is 8. The van der Waals surface area contributed by atoms with Crippen molar-refractivity contribution < 1.29 is 9.13 Å². The molecule has 1 unspecified atom stereocenters. The third-order valence-corrected chi connectivity index (χ3v) is 5.64. The first-order valence-electron chi connectivity index (χ1n) is 9.96. The molecule has 0 aliphatic heterocycles. The zero-order chi connectivity index (χ0) is 19.7. The third kappa shape index (κ3) is 4.20. The van der Waals surface area contributed by atoms with Crippen LogP contribution in [0.5, 0.6) is 5.75 Å². The predicted molar refractivity (Wildman–Crippen MR) is 110 cm³/mol. The monoisotopic (exact) mass is 381 g/mol. The molecule has 0 amide bonds. The Morgan fingerprint density at radius 1 is 1.29 bits per heavy atom. The van der Waals surface area contributed by atoms with Gasteiger partial charge in [0.2, 0.25) is 0 Å². The van der Waals surface area contributed by atoms with Crippen LogP contribution in [0.25, 0.3) is 10.9 Å². The van der Waals surface area contributed by atoms with Gasteiger partial charge in [0.1, 0.15) is 11.6 Å². The van der Waals surface area contributed by atoms with Crippen molar-refractivity contribution in [3.63, 3.8) is 0 Å². The van der Waals surface area contributed by atoms with Crippen molar-refractivity contribution >= 4 is 10.9 Å². The number of benzene rings is 1. The summed E-state index contributed by atoms with van der Waals surface area (Å²) in [5.74, 6) is 0.520. The van der Waals surface area contributed by atoms with Crippen LogP contribution in [0, 0.1) is 5.82 Å². The van der Waals surface area contributed by atoms with E-state index in [9.17, 15) is 4.39 Å². The number of halogens is 1. The van der Waals surface area contributed by atoms with E-state index in [0.717, 1.165) is 29.7 Å². The summed E-state index contributed by atoms with van der Waals surface area (Å²) in [6, 6.07) is 9.91. The largest absolute Gasteiger partial charge is 0.496 e. The van der Waals surface area contributed by atoms with Crippen molar-refractivity contribution in [2.75, 3.05) is 7.11 Å². The van der Waals surface area contributed by atoms with Crippen molar-refractivity contribution in [1.82, 2.24) is 15.3 Å². The topological polar surface area (TPSA) is 49.9 Å². The number of ether oxygens (including phenoxy) is 1. The van der Waals surface area contributed by atoms with Gasteiger partial charge in [-0.1, -0.05) is 13.8 Å². The molecule has 0 bridgehead atoms. The average Bonchev–Trinajstić information content (AvgIpc) is 3.37. The standard InChI is InChI=1S/C23H28FN3O/c1-23(2,20-11-16(24)4-7-22(20)28-3)13-19(26-17-5-6-17)12-18-10-15-8-9-25-14-21(15)27-18/h4,7-11,14,17,19,26-27H,5-6,12-13H2,1-3H3. The fraction of sp³-hybridized carbons (Fsp3) is 0.435. The second kappa shape index (κ2) is 7.55. The SMILES string of the molecule is COc1ccc(F)cc1C(C)(C)CC(Cc1cc2ccncc2[nH]1)NC1CC1. The third-order valence-electron chi connectivity index (χ3n) is 5.64. The van der Waals surface area contributed by atoms with Gasteiger partial charge in [0, 0.05) is 41.3 Å². The Labute approximate surface area is 165 Å². The van der Waals surface area contributed by atoms with Gasteiger partial charge in [0.25, 0.3) is 0 Å². The second-order valence-electron chi connectivity index (χ2n) is 8.53. The normalized spacial score (nSPS) is 15.7. The van der Waals surface area contributed by atoms with Gasteiger partial charge in [-0.25, -0.2) is 4.39 Å². The highest BCUT2D eigenvalue weighted by Gasteiger charge is 2.32. The fourth-order valence-electron chi connectivity index (χ4n) is 4.12. The maximum Gasteiger partial charge on any atom is 0.123 e. The van der Waals surface area contributed by atoms with Gasteiger partial charge in [-0.2, -0.15) is 0 Å². The predicted octanol–water partition coefficient (Wildman–Crippen LogP) is 4.74. The number of fused-ring (bicyclic) bond motifs is 1. The van der Waals surface area contributed by atoms with Crippen molar-refractivity contribution in [3.8, 4) is 5.75 Å². The Morgan fingerprint density at radius 2 is 2.11 bits per heavy atom. The first-order chi connectivity index (χ1) is 13.4. The van der Waals surface area contributed by atoms with Crippen LogP contribution in [0.3, 0.4) is 0 Å². The van der Waals surface area contributed by atoms with Gasteiger partial charge in [0.05, 0.1) is 18.8 Å². The van der Waals surface area contributed by atoms with Crippen LogP contribution in [0.4, 0.5) is 4.39 Å². The summed E-state index contributed by atoms with van der Waals surface area (Å²) in [7, 11) is 1.64. The zero-order valence-corrected chi connectivity index (χ0v) is 16.8. The van der Waals surface area contributed by atoms with Gasteiger partial charge >= 0.3 is 0 Å². The Balaban J connectivity index is 1.57. The van der Waals surface area contributed by atoms with Gasteiger partial charge in [-0.05, 0) is 55.0 Å². The lowest BCUT2D eigenvalue weighted by atomic mass is 9.77. The summed E-state index contributed by atoms with van der Waals surface area (Å²) in [6.07, 6.45) is 7.93. The van der Waals surface area contributed by atoms with Gasteiger partial charge < -0.3 is 15.0 Å². The maximum atomic E-state index is 14.0. The molecule has 1 aromatic carbocycles. The number of aromatic nitrogens is 2. The smallest absolute Gasteiger partial charge is 0.123 e. The van der Waals surface area contributed by atoms with Crippen molar-refractivity contribution in [3.05, 3.63) is 59.8 Å². The van der Waals surface area contributed by atoms with Crippen LogP contribution >= 0.6 is 0 Å². The van der Waals surface area contributed by atoms with Crippen LogP contribution < -0.4 is 10.1 Å². The number of nitrogens with one attached hydrogen (secondary N) is 2. The minimum atomic E-state index is -0.229. The van der Waals surface area contributed by atoms with Crippen molar-refractivity contribution in [2.45, 2.75) is 57.0 Å². The van der Waals surface area contributed by atoms with Crippen molar-refractivity contribution in [2.24, 2.45) is 0 Å². The van der Waals surface area contributed by atoms with Crippen LogP contribution in [0.2, 0.25) is 0 Å². The zero-order valence-electron chi connectivity index (χ0n) is 16.8. The molecule has 1 saturated carbocycles. The molecule has 4 nitrogen and oxygen atoms in total. The fourth-order valence-corrected chi connectivity index (χ4v) is 4.12. The molecule has 4 rings (SSSR count). The molecule has 0 radical (unpaired) electrons. The van der Waals surface area contributed by atoms with E-state index < -0.39 is 0 Å². The van der Waals surface area contributed by atoms with Crippen LogP contribution in [0.15, 0.2) is 42.7 Å². The molecule has 3 aromatic rings. The first kappa shape index (κ1) is 18.9. The molecule has 5 heteroatoms. The second-order valence-corrected chi connectivity index (χ2v) is 8.53. The minimum absolute atomic E-state index is 0.223. The lowest BCUT2D eigenvalue weighted by Gasteiger charge is -2.32. The van der Waals surface area contributed by atoms with E-state index in [-0.39, 0.29) is 17.3 Å². The molecule has 148 valence electrons. The minimum Gasteiger partial charge on any atom is -0.496 e. The number of pyridine rings is 1. The van der Waals surface area contributed by atoms with Gasteiger partial charge in [-0.3, -0.25) is 4.98 Å². The number of nitrogens with zero attached hydrogens (tertiary/aromatic N) is 1. The highest BCUT2D eigenvalue weighted by molar-refractivity contribution is 5.79. The molecule has 2 N–H and O–H groups in total. The highest BCUT2D eigenvalue weighted by atomic mass is 19.1. The van der Waals surface area contributed by atoms with E-state index in [1.807, 2.05) is 18.5 Å². The molecule has 1 atom stereocenters. The molecule has 2 heterocycles. The molecule has 0 spiro atoms. The summed E-state index contributed by atoms with van der Waals surface area (Å²) in [4.78, 5) is 7.68. The summed E-state index contributed by atoms with van der Waals surface area (Å²) < 4.78 is 19.5. The molecule has 1 fully saturated rings. The molecular weight excluding hydrogens is 353 g/mol. The van der Waals surface area contributed by atoms with E-state index in [1.165, 1.54) is 30.0 Å². The Hall–Kier alpha value is -2.40. The summed E-state index contributed by atoms with van der Waals surface area (Å²) in [5.41, 5.74) is 2.95. The van der Waals surface area contributed by atoms with E-state index in [4.69, 9.17) is 4.74 Å². The molecule has 1 aliphatic rings. The number of hydrogen-bond acceptors (Lipinski definition) is 3. The number of methoxy groups -OCH3 is 1. The Morgan fingerprint density at radius 3 is 2.82 bits per heavy atom. The quantitative estimate of drug-likeness (QED) is 0.592. The lowest BCUT2D eigenvalue weighted by molar-refractivity contribution is 0.344. The van der Waals surface area contributed by atoms with E-state index in [2.05, 4.69) is 35.2 Å². The number of aromatic amines is 1. The van der Waals surface area contributed by atoms with E-state index >= 15 is 0 Å². The average molecular weight is 381 g/mol. The van der Waals surface area contributed by atoms with E-state index in [0.29, 0.717) is 6.04 Å². The van der Waals surface area contributed by atoms with E-state index in [1.54, 1.807) is 19.2 Å². The first-order valence-corrected chi connectivity index (χ1v) is 9.96. The number of hydrogen-bond donors (Lipinski definition) is 2. The van der Waals surface area contributed by atoms with Crippen LogP contribution in [-0.2, 0) is 11.8 Å². The summed E-state index contributed by atoms with van der Waals surface area (Å²) >= 11 is 0. The highest BCUT2D eigenvalue weighted by Crippen LogP contribution is 2.37. The summed E-state index contributed by atoms with van der Waals surface area (Å²) in [6.45, 7) is 4.34. The molecule has 28 heavy (non-hydrogen) atoms. The lowest BCUT2D eigenvalue weighted by Crippen LogP contribution is -2.38. The van der Waals surface area contributed by atoms with Crippen LogP contribution in [0.1, 0.15) is 44.4 Å². The molecule has 1 aliphatic carbocycles. The maximum absolute atomic E-state index is 14.0. The van der Waals surface area contributed by atoms with Crippen LogP contribution in [-0.4, -0.2) is 29.2 Å². The Bertz CT molecular complexity index is 928.